The second-order valence-electron chi connectivity index (χ2n) is 6.55. The number of aromatic nitrogens is 1. The van der Waals surface area contributed by atoms with Crippen LogP contribution in [0.3, 0.4) is 0 Å². The zero-order valence-corrected chi connectivity index (χ0v) is 15.8. The van der Waals surface area contributed by atoms with E-state index in [2.05, 4.69) is 10.3 Å². The molecule has 1 aliphatic heterocycles. The van der Waals surface area contributed by atoms with Crippen LogP contribution in [0.5, 0.6) is 5.75 Å². The van der Waals surface area contributed by atoms with Gasteiger partial charge in [0.25, 0.3) is 0 Å². The average molecular weight is 392 g/mol. The lowest BCUT2D eigenvalue weighted by molar-refractivity contribution is -0.128. The van der Waals surface area contributed by atoms with Crippen LogP contribution in [0.15, 0.2) is 23.6 Å². The normalized spacial score (nSPS) is 19.7. The predicted molar refractivity (Wildman–Crippen MR) is 101 cm³/mol. The molecule has 1 saturated carbocycles. The van der Waals surface area contributed by atoms with E-state index in [9.17, 15) is 9.59 Å². The van der Waals surface area contributed by atoms with Crippen LogP contribution in [0, 0.1) is 5.92 Å². The minimum absolute atomic E-state index is 0.0837. The number of carbonyl (C=O) groups excluding carboxylic acids is 2. The van der Waals surface area contributed by atoms with Crippen molar-refractivity contribution in [3.05, 3.63) is 28.6 Å². The monoisotopic (exact) mass is 391 g/mol. The van der Waals surface area contributed by atoms with Crippen LogP contribution in [0.4, 0.5) is 5.13 Å². The quantitative estimate of drug-likeness (QED) is 0.847. The summed E-state index contributed by atoms with van der Waals surface area (Å²) in [4.78, 5) is 30.8. The highest BCUT2D eigenvalue weighted by Gasteiger charge is 2.41. The number of rotatable bonds is 5. The Morgan fingerprint density at radius 1 is 1.42 bits per heavy atom. The smallest absolute Gasteiger partial charge is 0.231 e. The number of carbonyl (C=O) groups is 2. The van der Waals surface area contributed by atoms with Gasteiger partial charge in [0.15, 0.2) is 5.13 Å². The Bertz CT molecular complexity index is 865. The van der Waals surface area contributed by atoms with Crippen LogP contribution in [-0.4, -0.2) is 41.4 Å². The summed E-state index contributed by atoms with van der Waals surface area (Å²) in [7, 11) is 1.56. The summed E-state index contributed by atoms with van der Waals surface area (Å²) in [5, 5.41) is 5.74. The number of benzene rings is 1. The molecule has 2 amide bonds. The molecule has 1 aliphatic carbocycles. The molecule has 2 aliphatic rings. The van der Waals surface area contributed by atoms with Gasteiger partial charge in [-0.15, -0.1) is 11.3 Å². The summed E-state index contributed by atoms with van der Waals surface area (Å²) in [6.07, 6.45) is 2.40. The lowest BCUT2D eigenvalue weighted by atomic mass is 10.1. The number of nitrogens with zero attached hydrogens (tertiary/aromatic N) is 2. The molecule has 136 valence electrons. The fourth-order valence-corrected chi connectivity index (χ4v) is 4.12. The van der Waals surface area contributed by atoms with Crippen molar-refractivity contribution in [2.45, 2.75) is 25.3 Å². The van der Waals surface area contributed by atoms with Crippen molar-refractivity contribution in [2.24, 2.45) is 5.92 Å². The van der Waals surface area contributed by atoms with Crippen LogP contribution >= 0.6 is 22.9 Å². The van der Waals surface area contributed by atoms with E-state index >= 15 is 0 Å². The molecule has 1 aromatic heterocycles. The van der Waals surface area contributed by atoms with E-state index in [4.69, 9.17) is 16.3 Å². The Hall–Kier alpha value is -2.12. The Balaban J connectivity index is 1.42. The first-order chi connectivity index (χ1) is 12.5. The number of halogens is 1. The summed E-state index contributed by atoms with van der Waals surface area (Å²) in [5.41, 5.74) is 1.58. The number of likely N-dealkylation sites (tertiary alicyclic amines) is 1. The molecule has 2 aromatic rings. The summed E-state index contributed by atoms with van der Waals surface area (Å²) < 4.78 is 5.15. The molecular formula is C18H18ClN3O3S. The highest BCUT2D eigenvalue weighted by Crippen LogP contribution is 2.34. The average Bonchev–Trinajstić information content (AvgIpc) is 3.23. The van der Waals surface area contributed by atoms with E-state index in [1.165, 1.54) is 11.3 Å². The van der Waals surface area contributed by atoms with Crippen molar-refractivity contribution < 1.29 is 14.3 Å². The van der Waals surface area contributed by atoms with E-state index in [-0.39, 0.29) is 24.2 Å². The Labute approximate surface area is 160 Å². The number of hydrogen-bond acceptors (Lipinski definition) is 5. The van der Waals surface area contributed by atoms with Crippen LogP contribution in [0.2, 0.25) is 5.02 Å². The lowest BCUT2D eigenvalue weighted by Gasteiger charge is -2.14. The maximum Gasteiger partial charge on any atom is 0.231 e. The molecule has 4 rings (SSSR count). The first kappa shape index (κ1) is 17.3. The van der Waals surface area contributed by atoms with Gasteiger partial charge in [0.1, 0.15) is 5.75 Å². The standard InChI is InChI=1S/C18H18ClN3O3S/c1-25-15-5-2-10(6-13(15)19)14-9-26-18(20-14)21-17(24)11-7-16(23)22(8-11)12-3-4-12/h2,5-6,9,11-12H,3-4,7-8H2,1H3,(H,20,21,24). The molecule has 26 heavy (non-hydrogen) atoms. The van der Waals surface area contributed by atoms with Gasteiger partial charge in [0, 0.05) is 30.0 Å². The molecule has 8 heteroatoms. The molecule has 1 N–H and O–H groups in total. The van der Waals surface area contributed by atoms with Gasteiger partial charge in [0.2, 0.25) is 11.8 Å². The van der Waals surface area contributed by atoms with Crippen LogP contribution in [0.1, 0.15) is 19.3 Å². The SMILES string of the molecule is COc1ccc(-c2csc(NC(=O)C3CC(=O)N(C4CC4)C3)n2)cc1Cl. The number of hydrogen-bond donors (Lipinski definition) is 1. The fraction of sp³-hybridized carbons (Fsp3) is 0.389. The summed E-state index contributed by atoms with van der Waals surface area (Å²) in [6.45, 7) is 0.516. The van der Waals surface area contributed by atoms with Crippen LogP contribution in [-0.2, 0) is 9.59 Å². The van der Waals surface area contributed by atoms with Crippen molar-refractivity contribution in [3.8, 4) is 17.0 Å². The highest BCUT2D eigenvalue weighted by molar-refractivity contribution is 7.14. The number of thiazole rings is 1. The molecule has 2 heterocycles. The number of ether oxygens (including phenoxy) is 1. The zero-order chi connectivity index (χ0) is 18.3. The molecule has 0 spiro atoms. The molecule has 6 nitrogen and oxygen atoms in total. The van der Waals surface area contributed by atoms with Crippen LogP contribution < -0.4 is 10.1 Å². The molecule has 1 unspecified atom stereocenters. The van der Waals surface area contributed by atoms with Crippen LogP contribution in [0.25, 0.3) is 11.3 Å². The van der Waals surface area contributed by atoms with E-state index < -0.39 is 0 Å². The molecule has 2 fully saturated rings. The Kier molecular flexibility index (Phi) is 4.58. The Morgan fingerprint density at radius 3 is 2.92 bits per heavy atom. The third kappa shape index (κ3) is 3.41. The van der Waals surface area contributed by atoms with Gasteiger partial charge in [-0.2, -0.15) is 0 Å². The van der Waals surface area contributed by atoms with E-state index in [1.54, 1.807) is 19.2 Å². The van der Waals surface area contributed by atoms with E-state index in [1.807, 2.05) is 16.3 Å². The maximum atomic E-state index is 12.5. The zero-order valence-electron chi connectivity index (χ0n) is 14.2. The third-order valence-electron chi connectivity index (χ3n) is 4.70. The van der Waals surface area contributed by atoms with E-state index in [0.717, 1.165) is 24.1 Å². The largest absolute Gasteiger partial charge is 0.495 e. The maximum absolute atomic E-state index is 12.5. The topological polar surface area (TPSA) is 71.5 Å². The number of anilines is 1. The van der Waals surface area contributed by atoms with Crippen molar-refractivity contribution in [2.75, 3.05) is 19.0 Å². The molecule has 0 bridgehead atoms. The second-order valence-corrected chi connectivity index (χ2v) is 7.82. The minimum atomic E-state index is -0.300. The third-order valence-corrected chi connectivity index (χ3v) is 5.75. The number of amides is 2. The van der Waals surface area contributed by atoms with Gasteiger partial charge < -0.3 is 15.0 Å². The van der Waals surface area contributed by atoms with Gasteiger partial charge in [0.05, 0.1) is 23.7 Å². The van der Waals surface area contributed by atoms with Gasteiger partial charge in [-0.25, -0.2) is 4.98 Å². The van der Waals surface area contributed by atoms with Gasteiger partial charge in [-0.3, -0.25) is 9.59 Å². The van der Waals surface area contributed by atoms with Crippen molar-refractivity contribution >= 4 is 39.9 Å². The number of nitrogens with one attached hydrogen (secondary N) is 1. The molecule has 1 saturated heterocycles. The minimum Gasteiger partial charge on any atom is -0.495 e. The van der Waals surface area contributed by atoms with Gasteiger partial charge in [-0.05, 0) is 31.0 Å². The van der Waals surface area contributed by atoms with Crippen molar-refractivity contribution in [1.82, 2.24) is 9.88 Å². The molecule has 0 radical (unpaired) electrons. The summed E-state index contributed by atoms with van der Waals surface area (Å²) in [6, 6.07) is 5.79. The van der Waals surface area contributed by atoms with Gasteiger partial charge in [-0.1, -0.05) is 11.6 Å². The van der Waals surface area contributed by atoms with Crippen molar-refractivity contribution in [3.63, 3.8) is 0 Å². The molecule has 1 aromatic carbocycles. The predicted octanol–water partition coefficient (Wildman–Crippen LogP) is 3.42. The highest BCUT2D eigenvalue weighted by atomic mass is 35.5. The summed E-state index contributed by atoms with van der Waals surface area (Å²) >= 11 is 7.51. The molecule has 1 atom stereocenters. The number of methoxy groups -OCH3 is 1. The Morgan fingerprint density at radius 2 is 2.23 bits per heavy atom. The summed E-state index contributed by atoms with van der Waals surface area (Å²) in [5.74, 6) is 0.242. The fourth-order valence-electron chi connectivity index (χ4n) is 3.14. The molecular weight excluding hydrogens is 374 g/mol. The first-order valence-corrected chi connectivity index (χ1v) is 9.70. The lowest BCUT2D eigenvalue weighted by Crippen LogP contribution is -2.29. The second kappa shape index (κ2) is 6.89. The first-order valence-electron chi connectivity index (χ1n) is 8.45. The van der Waals surface area contributed by atoms with Gasteiger partial charge >= 0.3 is 0 Å². The van der Waals surface area contributed by atoms with E-state index in [0.29, 0.717) is 28.5 Å². The van der Waals surface area contributed by atoms with Crippen molar-refractivity contribution in [1.29, 1.82) is 0 Å².